The third kappa shape index (κ3) is 4.27. The van der Waals surface area contributed by atoms with Crippen molar-refractivity contribution >= 4 is 31.4 Å². The predicted molar refractivity (Wildman–Crippen MR) is 108 cm³/mol. The van der Waals surface area contributed by atoms with Gasteiger partial charge in [0, 0.05) is 12.2 Å². The van der Waals surface area contributed by atoms with Crippen molar-refractivity contribution in [3.05, 3.63) is 53.6 Å². The molecule has 0 amide bonds. The number of anilines is 2. The van der Waals surface area contributed by atoms with E-state index in [1.165, 1.54) is 4.31 Å². The average molecular weight is 409 g/mol. The van der Waals surface area contributed by atoms with E-state index in [0.717, 1.165) is 11.1 Å². The first-order valence-electron chi connectivity index (χ1n) is 8.96. The number of aryl methyl sites for hydroxylation is 2. The first kappa shape index (κ1) is 19.7. The fraction of sp³-hybridized carbons (Fsp3) is 0.368. The van der Waals surface area contributed by atoms with Crippen molar-refractivity contribution in [3.63, 3.8) is 0 Å². The van der Waals surface area contributed by atoms with Gasteiger partial charge in [0.1, 0.15) is 0 Å². The molecule has 2 aromatic rings. The van der Waals surface area contributed by atoms with E-state index in [9.17, 15) is 16.8 Å². The summed E-state index contributed by atoms with van der Waals surface area (Å²) in [6, 6.07) is 11.7. The van der Waals surface area contributed by atoms with Gasteiger partial charge in [-0.15, -0.1) is 0 Å². The van der Waals surface area contributed by atoms with Crippen LogP contribution in [0.5, 0.6) is 0 Å². The van der Waals surface area contributed by atoms with Gasteiger partial charge in [-0.25, -0.2) is 16.8 Å². The van der Waals surface area contributed by atoms with Crippen LogP contribution in [0.3, 0.4) is 0 Å². The van der Waals surface area contributed by atoms with Crippen LogP contribution in [0.4, 0.5) is 11.4 Å². The standard InChI is InChI=1S/C19H24N2O4S2/c1-3-12-26(22,23)21-11-5-7-16-14-17(9-10-19(16)21)20-27(24,25)18-8-4-6-15(2)13-18/h4,6,8-10,13-14,20H,3,5,7,11-12H2,1-2H3. The van der Waals surface area contributed by atoms with Crippen LogP contribution in [0.15, 0.2) is 47.4 Å². The monoisotopic (exact) mass is 408 g/mol. The van der Waals surface area contributed by atoms with E-state index in [1.54, 1.807) is 36.4 Å². The number of nitrogens with one attached hydrogen (secondary N) is 1. The van der Waals surface area contributed by atoms with Crippen LogP contribution in [-0.4, -0.2) is 29.1 Å². The molecule has 2 aromatic carbocycles. The van der Waals surface area contributed by atoms with Gasteiger partial charge >= 0.3 is 0 Å². The summed E-state index contributed by atoms with van der Waals surface area (Å²) in [5.74, 6) is 0.105. The number of nitrogens with zero attached hydrogens (tertiary/aromatic N) is 1. The molecule has 1 heterocycles. The van der Waals surface area contributed by atoms with E-state index >= 15 is 0 Å². The minimum atomic E-state index is -3.69. The van der Waals surface area contributed by atoms with Crippen LogP contribution in [0.2, 0.25) is 0 Å². The molecule has 1 aliphatic rings. The third-order valence-corrected chi connectivity index (χ3v) is 7.86. The maximum Gasteiger partial charge on any atom is 0.261 e. The Morgan fingerprint density at radius 3 is 2.56 bits per heavy atom. The molecule has 6 nitrogen and oxygen atoms in total. The SMILES string of the molecule is CCCS(=O)(=O)N1CCCc2cc(NS(=O)(=O)c3cccc(C)c3)ccc21. The Hall–Kier alpha value is -2.06. The average Bonchev–Trinajstić information content (AvgIpc) is 2.60. The van der Waals surface area contributed by atoms with Crippen LogP contribution < -0.4 is 9.03 Å². The van der Waals surface area contributed by atoms with Crippen LogP contribution in [-0.2, 0) is 26.5 Å². The zero-order valence-electron chi connectivity index (χ0n) is 15.5. The Labute approximate surface area is 161 Å². The summed E-state index contributed by atoms with van der Waals surface area (Å²) in [6.45, 7) is 4.14. The van der Waals surface area contributed by atoms with Gasteiger partial charge < -0.3 is 0 Å². The van der Waals surface area contributed by atoms with E-state index in [4.69, 9.17) is 0 Å². The second kappa shape index (κ2) is 7.52. The van der Waals surface area contributed by atoms with E-state index in [-0.39, 0.29) is 10.6 Å². The van der Waals surface area contributed by atoms with Gasteiger partial charge in [0.25, 0.3) is 10.0 Å². The Kier molecular flexibility index (Phi) is 5.48. The van der Waals surface area contributed by atoms with Crippen LogP contribution in [0, 0.1) is 6.92 Å². The molecule has 1 N–H and O–H groups in total. The van der Waals surface area contributed by atoms with Gasteiger partial charge in [0.2, 0.25) is 10.0 Å². The Bertz CT molecular complexity index is 1050. The summed E-state index contributed by atoms with van der Waals surface area (Å²) >= 11 is 0. The first-order chi connectivity index (χ1) is 12.7. The molecule has 0 aromatic heterocycles. The van der Waals surface area contributed by atoms with Crippen molar-refractivity contribution in [1.82, 2.24) is 0 Å². The molecule has 0 saturated heterocycles. The lowest BCUT2D eigenvalue weighted by molar-refractivity contribution is 0.585. The fourth-order valence-corrected chi connectivity index (χ4v) is 6.06. The maximum absolute atomic E-state index is 12.6. The van der Waals surface area contributed by atoms with Gasteiger partial charge in [-0.2, -0.15) is 0 Å². The molecule has 0 fully saturated rings. The molecule has 8 heteroatoms. The van der Waals surface area contributed by atoms with Gasteiger partial charge in [-0.3, -0.25) is 9.03 Å². The zero-order valence-corrected chi connectivity index (χ0v) is 17.1. The molecule has 1 aliphatic heterocycles. The molecule has 0 aliphatic carbocycles. The molecule has 3 rings (SSSR count). The lowest BCUT2D eigenvalue weighted by atomic mass is 10.0. The van der Waals surface area contributed by atoms with Gasteiger partial charge in [0.15, 0.2) is 0 Å². The molecule has 27 heavy (non-hydrogen) atoms. The molecular formula is C19H24N2O4S2. The number of fused-ring (bicyclic) bond motifs is 1. The maximum atomic E-state index is 12.6. The highest BCUT2D eigenvalue weighted by atomic mass is 32.2. The van der Waals surface area contributed by atoms with Crippen molar-refractivity contribution < 1.29 is 16.8 Å². The van der Waals surface area contributed by atoms with E-state index in [2.05, 4.69) is 4.72 Å². The molecule has 0 saturated carbocycles. The van der Waals surface area contributed by atoms with Crippen molar-refractivity contribution in [1.29, 1.82) is 0 Å². The number of hydrogen-bond acceptors (Lipinski definition) is 4. The summed E-state index contributed by atoms with van der Waals surface area (Å²) in [5, 5.41) is 0. The highest BCUT2D eigenvalue weighted by molar-refractivity contribution is 7.93. The Balaban J connectivity index is 1.90. The fourth-order valence-electron chi connectivity index (χ4n) is 3.28. The topological polar surface area (TPSA) is 83.6 Å². The second-order valence-corrected chi connectivity index (χ2v) is 10.5. The quantitative estimate of drug-likeness (QED) is 0.795. The highest BCUT2D eigenvalue weighted by Gasteiger charge is 2.27. The summed E-state index contributed by atoms with van der Waals surface area (Å²) in [5.41, 5.74) is 2.78. The van der Waals surface area contributed by atoms with Crippen molar-refractivity contribution in [2.75, 3.05) is 21.3 Å². The van der Waals surface area contributed by atoms with Gasteiger partial charge in [0.05, 0.1) is 16.3 Å². The van der Waals surface area contributed by atoms with Gasteiger partial charge in [-0.05, 0) is 67.6 Å². The van der Waals surface area contributed by atoms with E-state index in [1.807, 2.05) is 19.9 Å². The number of benzene rings is 2. The summed E-state index contributed by atoms with van der Waals surface area (Å²) in [7, 11) is -7.04. The van der Waals surface area contributed by atoms with Crippen LogP contribution >= 0.6 is 0 Å². The normalized spacial score (nSPS) is 14.7. The van der Waals surface area contributed by atoms with E-state index < -0.39 is 20.0 Å². The Morgan fingerprint density at radius 1 is 1.07 bits per heavy atom. The highest BCUT2D eigenvalue weighted by Crippen LogP contribution is 2.32. The molecule has 0 atom stereocenters. The van der Waals surface area contributed by atoms with Gasteiger partial charge in [-0.1, -0.05) is 19.1 Å². The smallest absolute Gasteiger partial charge is 0.261 e. The lowest BCUT2D eigenvalue weighted by Gasteiger charge is -2.30. The molecule has 0 unspecified atom stereocenters. The van der Waals surface area contributed by atoms with Crippen molar-refractivity contribution in [3.8, 4) is 0 Å². The van der Waals surface area contributed by atoms with Crippen LogP contribution in [0.25, 0.3) is 0 Å². The summed E-state index contributed by atoms with van der Waals surface area (Å²) < 4.78 is 54.3. The Morgan fingerprint density at radius 2 is 1.85 bits per heavy atom. The third-order valence-electron chi connectivity index (χ3n) is 4.51. The number of rotatable bonds is 6. The van der Waals surface area contributed by atoms with Crippen molar-refractivity contribution in [2.45, 2.75) is 38.0 Å². The van der Waals surface area contributed by atoms with Crippen LogP contribution in [0.1, 0.15) is 30.9 Å². The summed E-state index contributed by atoms with van der Waals surface area (Å²) in [6.07, 6.45) is 1.99. The minimum Gasteiger partial charge on any atom is -0.280 e. The first-order valence-corrected chi connectivity index (χ1v) is 12.0. The predicted octanol–water partition coefficient (Wildman–Crippen LogP) is 3.29. The largest absolute Gasteiger partial charge is 0.280 e. The number of sulfonamides is 2. The lowest BCUT2D eigenvalue weighted by Crippen LogP contribution is -2.37. The van der Waals surface area contributed by atoms with E-state index in [0.29, 0.717) is 37.2 Å². The summed E-state index contributed by atoms with van der Waals surface area (Å²) in [4.78, 5) is 0.201. The molecule has 0 radical (unpaired) electrons. The minimum absolute atomic E-state index is 0.105. The number of hydrogen-bond donors (Lipinski definition) is 1. The van der Waals surface area contributed by atoms with Crippen molar-refractivity contribution in [2.24, 2.45) is 0 Å². The molecule has 0 bridgehead atoms. The second-order valence-electron chi connectivity index (χ2n) is 6.76. The molecular weight excluding hydrogens is 384 g/mol. The molecule has 0 spiro atoms. The molecule has 146 valence electrons. The zero-order chi connectivity index (χ0) is 19.7.